The van der Waals surface area contributed by atoms with Gasteiger partial charge in [0.25, 0.3) is 0 Å². The first-order valence-corrected chi connectivity index (χ1v) is 44.2. The molecule has 0 radical (unpaired) electrons. The van der Waals surface area contributed by atoms with Crippen molar-refractivity contribution in [3.05, 3.63) is 559 Å². The van der Waals surface area contributed by atoms with Crippen molar-refractivity contribution in [3.63, 3.8) is 0 Å². The standard InChI is InChI=1S/C32H23N.C26H18BrN.C23H18.C22H19N.C20H15N/c1-2-23-18-11-19-29-30(25-13-5-3-6-14-25)32(26-15-7-4-8-16-26)33(31(23)29)28-21-20-24-12-9-10-17-27(24)22-28;27-20-14-16-22(17-15-20)28(21-9-2-1-3-10-21)26-18-19-8-4-5-11-23(19)24-12-6-7-13-25(24)26;1-2-17-14-9-15-20-21(17)16-22(18-10-5-3-6-11-18)23(20)19-12-7-4-8-13-19;1-2-18-11-9-10-16-21(18)17-23-22(19-12-5-3-6-13-19)20-14-7-4-8-15-20;1-2-9-16(10-3-1)21-20-14-15-8-4-5-11-17(15)18-12-6-7-13-19(18)20/h2-22H,1H2;1-18H;2-15H,1,16H2;2-16H,1,17H2;1-14,21H. The Kier molecular flexibility index (Phi) is 25.7. The maximum absolute atomic E-state index is 4.91. The van der Waals surface area contributed by atoms with E-state index in [1.165, 1.54) is 137 Å². The molecule has 1 aromatic heterocycles. The number of benzene rings is 20. The largest absolute Gasteiger partial charge is 0.355 e. The monoisotopic (exact) mass is 1700 g/mol. The predicted molar refractivity (Wildman–Crippen MR) is 555 cm³/mol. The summed E-state index contributed by atoms with van der Waals surface area (Å²) in [6, 6.07) is 168. The van der Waals surface area contributed by atoms with Crippen molar-refractivity contribution in [2.24, 2.45) is 4.99 Å². The number of nitrogens with one attached hydrogen (secondary N) is 1. The van der Waals surface area contributed by atoms with E-state index in [4.69, 9.17) is 4.99 Å². The van der Waals surface area contributed by atoms with Crippen LogP contribution in [-0.4, -0.2) is 10.3 Å². The van der Waals surface area contributed by atoms with Gasteiger partial charge in [0.1, 0.15) is 0 Å². The lowest BCUT2D eigenvalue weighted by atomic mass is 9.94. The van der Waals surface area contributed by atoms with Gasteiger partial charge in [-0.15, -0.1) is 0 Å². The zero-order valence-electron chi connectivity index (χ0n) is 71.1. The lowest BCUT2D eigenvalue weighted by molar-refractivity contribution is 1.06. The molecule has 0 saturated carbocycles. The van der Waals surface area contributed by atoms with E-state index in [-0.39, 0.29) is 0 Å². The van der Waals surface area contributed by atoms with Crippen molar-refractivity contribution in [1.29, 1.82) is 0 Å². The van der Waals surface area contributed by atoms with Crippen molar-refractivity contribution in [3.8, 4) is 28.1 Å². The molecular formula is C123H93BrN4. The van der Waals surface area contributed by atoms with Gasteiger partial charge in [-0.05, 0) is 189 Å². The minimum absolute atomic E-state index is 0.640. The maximum atomic E-state index is 4.91. The number of aromatic nitrogens is 1. The average molecular weight is 1710 g/mol. The molecule has 4 nitrogen and oxygen atoms in total. The maximum Gasteiger partial charge on any atom is 0.0723 e. The Labute approximate surface area is 758 Å². The van der Waals surface area contributed by atoms with E-state index in [0.717, 1.165) is 67.3 Å². The molecule has 0 amide bonds. The third-order valence-corrected chi connectivity index (χ3v) is 24.1. The summed E-state index contributed by atoms with van der Waals surface area (Å²) in [5.74, 6) is 0. The number of hydrogen-bond donors (Lipinski definition) is 1. The van der Waals surface area contributed by atoms with E-state index in [9.17, 15) is 0 Å². The van der Waals surface area contributed by atoms with Crippen molar-refractivity contribution in [2.75, 3.05) is 10.2 Å². The molecular weight excluding hydrogens is 1610 g/mol. The molecule has 0 atom stereocenters. The van der Waals surface area contributed by atoms with Crippen LogP contribution in [0.25, 0.3) is 122 Å². The predicted octanol–water partition coefficient (Wildman–Crippen LogP) is 33.9. The molecule has 20 aromatic carbocycles. The summed E-state index contributed by atoms with van der Waals surface area (Å²) < 4.78 is 3.49. The van der Waals surface area contributed by atoms with Gasteiger partial charge in [0.05, 0.1) is 29.2 Å². The van der Waals surface area contributed by atoms with Crippen LogP contribution < -0.4 is 10.2 Å². The molecule has 612 valence electrons. The van der Waals surface area contributed by atoms with Gasteiger partial charge < -0.3 is 14.8 Å². The minimum Gasteiger partial charge on any atom is -0.355 e. The van der Waals surface area contributed by atoms with E-state index in [1.54, 1.807) is 0 Å². The van der Waals surface area contributed by atoms with Crippen LogP contribution in [0, 0.1) is 0 Å². The van der Waals surface area contributed by atoms with E-state index in [2.05, 4.69) is 463 Å². The summed E-state index contributed by atoms with van der Waals surface area (Å²) in [6.07, 6.45) is 6.78. The van der Waals surface area contributed by atoms with Crippen molar-refractivity contribution < 1.29 is 0 Å². The molecule has 1 N–H and O–H groups in total. The molecule has 21 aromatic rings. The SMILES string of the molecule is Brc1ccc(N(c2ccccc2)c2cc3ccccc3c3ccccc23)cc1.C=Cc1cccc2c(-c3ccccc3)c(-c3ccccc3)n(-c3ccc4ccccc4c3)c12.C=Cc1cccc2c1CC(c1ccccc1)=C2c1ccccc1.C=Cc1ccccc1CN=C(c1ccccc1)c1ccccc1.c1ccc(Nc2cc3ccccc3c3ccccc23)cc1. The van der Waals surface area contributed by atoms with Gasteiger partial charge in [0, 0.05) is 65.8 Å². The lowest BCUT2D eigenvalue weighted by Gasteiger charge is -2.27. The van der Waals surface area contributed by atoms with Crippen LogP contribution >= 0.6 is 15.9 Å². The molecule has 1 heterocycles. The fraction of sp³-hybridized carbons (Fsp3) is 0.0163. The first-order valence-electron chi connectivity index (χ1n) is 43.4. The Balaban J connectivity index is 0.000000109. The number of fused-ring (bicyclic) bond motifs is 9. The van der Waals surface area contributed by atoms with E-state index in [0.29, 0.717) is 6.54 Å². The zero-order valence-corrected chi connectivity index (χ0v) is 72.7. The number of aliphatic imine (C=N–C) groups is 1. The van der Waals surface area contributed by atoms with Gasteiger partial charge >= 0.3 is 0 Å². The summed E-state index contributed by atoms with van der Waals surface area (Å²) in [7, 11) is 0. The van der Waals surface area contributed by atoms with Crippen LogP contribution in [-0.2, 0) is 13.0 Å². The minimum atomic E-state index is 0.640. The fourth-order valence-electron chi connectivity index (χ4n) is 17.6. The highest BCUT2D eigenvalue weighted by Crippen LogP contribution is 2.48. The number of anilines is 5. The Morgan fingerprint density at radius 2 is 0.789 bits per heavy atom. The van der Waals surface area contributed by atoms with Gasteiger partial charge in [0.15, 0.2) is 0 Å². The van der Waals surface area contributed by atoms with Crippen LogP contribution in [0.3, 0.4) is 0 Å². The highest BCUT2D eigenvalue weighted by atomic mass is 79.9. The molecule has 1 aliphatic rings. The zero-order chi connectivity index (χ0) is 86.8. The molecule has 0 bridgehead atoms. The summed E-state index contributed by atoms with van der Waals surface area (Å²) in [5, 5.41) is 17.4. The number of hydrogen-bond acceptors (Lipinski definition) is 3. The fourth-order valence-corrected chi connectivity index (χ4v) is 17.8. The molecule has 128 heavy (non-hydrogen) atoms. The number of halogens is 1. The van der Waals surface area contributed by atoms with Crippen molar-refractivity contribution >= 4 is 144 Å². The first kappa shape index (κ1) is 82.9. The summed E-state index contributed by atoms with van der Waals surface area (Å²) in [5.41, 5.74) is 28.9. The molecule has 22 rings (SSSR count). The van der Waals surface area contributed by atoms with Crippen molar-refractivity contribution in [1.82, 2.24) is 4.57 Å². The molecule has 0 spiro atoms. The Bertz CT molecular complexity index is 7500. The molecule has 0 unspecified atom stereocenters. The third kappa shape index (κ3) is 18.2. The lowest BCUT2D eigenvalue weighted by Crippen LogP contribution is -2.10. The normalized spacial score (nSPS) is 11.2. The molecule has 0 aliphatic heterocycles. The topological polar surface area (TPSA) is 32.6 Å². The Hall–Kier alpha value is -16.1. The highest BCUT2D eigenvalue weighted by molar-refractivity contribution is 9.10. The van der Waals surface area contributed by atoms with E-state index < -0.39 is 0 Å². The van der Waals surface area contributed by atoms with E-state index in [1.807, 2.05) is 85.0 Å². The van der Waals surface area contributed by atoms with Gasteiger partial charge in [-0.2, -0.15) is 0 Å². The second-order valence-corrected chi connectivity index (χ2v) is 32.3. The Morgan fingerprint density at radius 3 is 1.40 bits per heavy atom. The third-order valence-electron chi connectivity index (χ3n) is 23.6. The van der Waals surface area contributed by atoms with Crippen LogP contribution in [0.5, 0.6) is 0 Å². The van der Waals surface area contributed by atoms with Gasteiger partial charge in [-0.25, -0.2) is 0 Å². The quantitative estimate of drug-likeness (QED) is 0.0728. The van der Waals surface area contributed by atoms with Crippen LogP contribution in [0.1, 0.15) is 55.6 Å². The molecule has 1 aliphatic carbocycles. The van der Waals surface area contributed by atoms with Crippen LogP contribution in [0.2, 0.25) is 0 Å². The molecule has 0 saturated heterocycles. The van der Waals surface area contributed by atoms with Crippen LogP contribution in [0.4, 0.5) is 28.4 Å². The molecule has 0 fully saturated rings. The number of allylic oxidation sites excluding steroid dienone is 1. The average Bonchev–Trinajstić information content (AvgIpc) is 1.68. The molecule has 5 heteroatoms. The smallest absolute Gasteiger partial charge is 0.0723 e. The highest BCUT2D eigenvalue weighted by Gasteiger charge is 2.27. The second-order valence-electron chi connectivity index (χ2n) is 31.4. The van der Waals surface area contributed by atoms with E-state index >= 15 is 0 Å². The number of rotatable bonds is 17. The van der Waals surface area contributed by atoms with Crippen molar-refractivity contribution in [2.45, 2.75) is 13.0 Å². The van der Waals surface area contributed by atoms with Crippen LogP contribution in [0.15, 0.2) is 508 Å². The van der Waals surface area contributed by atoms with Gasteiger partial charge in [-0.3, -0.25) is 4.99 Å². The number of para-hydroxylation sites is 3. The van der Waals surface area contributed by atoms with Gasteiger partial charge in [0.2, 0.25) is 0 Å². The summed E-state index contributed by atoms with van der Waals surface area (Å²) >= 11 is 3.56. The number of nitrogens with zero attached hydrogens (tertiary/aromatic N) is 3. The second kappa shape index (κ2) is 39.6. The Morgan fingerprint density at radius 1 is 0.344 bits per heavy atom. The van der Waals surface area contributed by atoms with Gasteiger partial charge in [-0.1, -0.05) is 460 Å². The summed E-state index contributed by atoms with van der Waals surface area (Å²) in [4.78, 5) is 7.25. The first-order chi connectivity index (χ1) is 63.3. The summed E-state index contributed by atoms with van der Waals surface area (Å²) in [6.45, 7) is 12.6.